The van der Waals surface area contributed by atoms with Crippen molar-refractivity contribution in [2.75, 3.05) is 5.32 Å². The number of carbonyl (C=O) groups is 1. The molecule has 0 atom stereocenters. The van der Waals surface area contributed by atoms with Crippen LogP contribution in [-0.4, -0.2) is 21.5 Å². The van der Waals surface area contributed by atoms with Gasteiger partial charge in [0.1, 0.15) is 5.82 Å². The first-order valence-electron chi connectivity index (χ1n) is 4.47. The molecule has 0 saturated carbocycles. The summed E-state index contributed by atoms with van der Waals surface area (Å²) in [6.45, 7) is 1.92. The predicted molar refractivity (Wildman–Crippen MR) is 56.2 cm³/mol. The molecule has 2 rings (SSSR count). The fraction of sp³-hybridized carbons (Fsp3) is 0.100. The van der Waals surface area contributed by atoms with Crippen molar-refractivity contribution < 1.29 is 4.79 Å². The summed E-state index contributed by atoms with van der Waals surface area (Å²) in [4.78, 5) is 14.7. The fourth-order valence-corrected chi connectivity index (χ4v) is 1.22. The molecule has 0 bridgehead atoms. The minimum absolute atomic E-state index is 0.569. The predicted octanol–water partition coefficient (Wildman–Crippen LogP) is 1.67. The number of aryl methyl sites for hydroxylation is 1. The minimum atomic E-state index is 0.569. The lowest BCUT2D eigenvalue weighted by molar-refractivity contribution is 0.112. The molecule has 0 saturated heterocycles. The lowest BCUT2D eigenvalue weighted by Gasteiger charge is -2.06. The Balaban J connectivity index is 2.32. The van der Waals surface area contributed by atoms with Crippen LogP contribution in [0.25, 0.3) is 0 Å². The van der Waals surface area contributed by atoms with Crippen LogP contribution < -0.4 is 5.32 Å². The summed E-state index contributed by atoms with van der Waals surface area (Å²) in [5.41, 5.74) is 2.22. The smallest absolute Gasteiger partial charge is 0.152 e. The first kappa shape index (κ1) is 9.39. The molecule has 15 heavy (non-hydrogen) atoms. The van der Waals surface area contributed by atoms with E-state index in [1.807, 2.05) is 6.92 Å². The van der Waals surface area contributed by atoms with Crippen molar-refractivity contribution >= 4 is 17.8 Å². The number of hydrogen-bond acceptors (Lipinski definition) is 4. The third-order valence-corrected chi connectivity index (χ3v) is 2.07. The molecule has 2 N–H and O–H groups in total. The zero-order valence-electron chi connectivity index (χ0n) is 8.19. The highest BCUT2D eigenvalue weighted by molar-refractivity contribution is 5.85. The first-order valence-corrected chi connectivity index (χ1v) is 4.47. The zero-order chi connectivity index (χ0) is 10.7. The number of nitrogens with zero attached hydrogens (tertiary/aromatic N) is 2. The molecule has 0 aromatic carbocycles. The fourth-order valence-electron chi connectivity index (χ4n) is 1.22. The monoisotopic (exact) mass is 202 g/mol. The summed E-state index contributed by atoms with van der Waals surface area (Å²) in [6.07, 6.45) is 5.67. The second kappa shape index (κ2) is 3.91. The molecule has 0 fully saturated rings. The van der Waals surface area contributed by atoms with Crippen LogP contribution in [0.5, 0.6) is 0 Å². The van der Waals surface area contributed by atoms with Gasteiger partial charge in [-0.15, -0.1) is 0 Å². The lowest BCUT2D eigenvalue weighted by Crippen LogP contribution is -1.97. The second-order valence-electron chi connectivity index (χ2n) is 3.13. The molecule has 5 nitrogen and oxygen atoms in total. The average molecular weight is 202 g/mol. The summed E-state index contributed by atoms with van der Waals surface area (Å²) in [5.74, 6) is 0.770. The highest BCUT2D eigenvalue weighted by atomic mass is 16.1. The number of H-pyrrole nitrogens is 1. The Morgan fingerprint density at radius 3 is 3.00 bits per heavy atom. The molecule has 0 aliphatic rings. The van der Waals surface area contributed by atoms with Gasteiger partial charge in [-0.2, -0.15) is 5.10 Å². The van der Waals surface area contributed by atoms with Gasteiger partial charge in [-0.05, 0) is 13.0 Å². The largest absolute Gasteiger partial charge is 0.339 e. The van der Waals surface area contributed by atoms with Crippen LogP contribution in [0.15, 0.2) is 24.7 Å². The summed E-state index contributed by atoms with van der Waals surface area (Å²) in [6, 6.07) is 1.65. The number of aldehydes is 1. The highest BCUT2D eigenvalue weighted by Crippen LogP contribution is 2.18. The number of pyridine rings is 1. The van der Waals surface area contributed by atoms with Crippen LogP contribution in [0, 0.1) is 6.92 Å². The van der Waals surface area contributed by atoms with E-state index in [4.69, 9.17) is 0 Å². The normalized spacial score (nSPS) is 9.93. The van der Waals surface area contributed by atoms with Crippen LogP contribution in [0.4, 0.5) is 11.5 Å². The van der Waals surface area contributed by atoms with Crippen LogP contribution in [0.1, 0.15) is 15.9 Å². The Labute approximate surface area is 86.5 Å². The van der Waals surface area contributed by atoms with Crippen molar-refractivity contribution in [1.82, 2.24) is 15.2 Å². The molecule has 0 unspecified atom stereocenters. The number of nitrogens with one attached hydrogen (secondary N) is 2. The molecule has 76 valence electrons. The van der Waals surface area contributed by atoms with Crippen LogP contribution in [0.2, 0.25) is 0 Å². The molecule has 0 spiro atoms. The van der Waals surface area contributed by atoms with Gasteiger partial charge in [0.2, 0.25) is 0 Å². The molecular formula is C10H10N4O. The summed E-state index contributed by atoms with van der Waals surface area (Å²) in [7, 11) is 0. The minimum Gasteiger partial charge on any atom is -0.339 e. The molecule has 0 aliphatic heterocycles. The molecule has 2 aromatic heterocycles. The lowest BCUT2D eigenvalue weighted by atomic mass is 10.2. The van der Waals surface area contributed by atoms with E-state index in [9.17, 15) is 4.79 Å². The Morgan fingerprint density at radius 1 is 1.47 bits per heavy atom. The van der Waals surface area contributed by atoms with Gasteiger partial charge in [0.05, 0.1) is 18.1 Å². The zero-order valence-corrected chi connectivity index (χ0v) is 8.19. The maximum atomic E-state index is 10.7. The van der Waals surface area contributed by atoms with Crippen molar-refractivity contribution in [3.63, 3.8) is 0 Å². The topological polar surface area (TPSA) is 70.7 Å². The Morgan fingerprint density at radius 2 is 2.33 bits per heavy atom. The number of rotatable bonds is 3. The standard InChI is InChI=1S/C10H10N4O/c1-7-4-12-14-10(7)13-9-5-11-3-2-8(9)6-15/h2-6H,1H3,(H2,12,13,14). The molecule has 5 heteroatoms. The van der Waals surface area contributed by atoms with Gasteiger partial charge in [-0.1, -0.05) is 0 Å². The van der Waals surface area contributed by atoms with Crippen molar-refractivity contribution in [3.05, 3.63) is 35.8 Å². The quantitative estimate of drug-likeness (QED) is 0.743. The van der Waals surface area contributed by atoms with Crippen molar-refractivity contribution in [2.45, 2.75) is 6.92 Å². The van der Waals surface area contributed by atoms with Crippen LogP contribution in [-0.2, 0) is 0 Å². The van der Waals surface area contributed by atoms with E-state index < -0.39 is 0 Å². The van der Waals surface area contributed by atoms with Gasteiger partial charge in [-0.3, -0.25) is 14.9 Å². The Hall–Kier alpha value is -2.17. The van der Waals surface area contributed by atoms with E-state index in [-0.39, 0.29) is 0 Å². The van der Waals surface area contributed by atoms with Gasteiger partial charge in [0.25, 0.3) is 0 Å². The van der Waals surface area contributed by atoms with Gasteiger partial charge in [0.15, 0.2) is 6.29 Å². The number of anilines is 2. The van der Waals surface area contributed by atoms with Crippen LogP contribution >= 0.6 is 0 Å². The van der Waals surface area contributed by atoms with E-state index in [1.54, 1.807) is 24.7 Å². The van der Waals surface area contributed by atoms with E-state index in [1.165, 1.54) is 0 Å². The molecule has 2 heterocycles. The SMILES string of the molecule is Cc1cn[nH]c1Nc1cnccc1C=O. The maximum absolute atomic E-state index is 10.7. The molecule has 0 radical (unpaired) electrons. The number of carbonyl (C=O) groups excluding carboxylic acids is 1. The van der Waals surface area contributed by atoms with E-state index in [0.717, 1.165) is 17.7 Å². The van der Waals surface area contributed by atoms with Gasteiger partial charge in [0, 0.05) is 17.3 Å². The molecule has 2 aromatic rings. The van der Waals surface area contributed by atoms with Crippen molar-refractivity contribution in [3.8, 4) is 0 Å². The van der Waals surface area contributed by atoms with Crippen LogP contribution in [0.3, 0.4) is 0 Å². The third-order valence-electron chi connectivity index (χ3n) is 2.07. The van der Waals surface area contributed by atoms with E-state index in [0.29, 0.717) is 11.3 Å². The Bertz CT molecular complexity index is 478. The summed E-state index contributed by atoms with van der Waals surface area (Å²) < 4.78 is 0. The summed E-state index contributed by atoms with van der Waals surface area (Å²) in [5, 5.41) is 9.74. The Kier molecular flexibility index (Phi) is 2.45. The van der Waals surface area contributed by atoms with Crippen molar-refractivity contribution in [1.29, 1.82) is 0 Å². The average Bonchev–Trinajstić information content (AvgIpc) is 2.65. The number of aromatic amines is 1. The summed E-state index contributed by atoms with van der Waals surface area (Å²) >= 11 is 0. The molecule has 0 amide bonds. The highest BCUT2D eigenvalue weighted by Gasteiger charge is 2.04. The van der Waals surface area contributed by atoms with Gasteiger partial charge in [-0.25, -0.2) is 0 Å². The second-order valence-corrected chi connectivity index (χ2v) is 3.13. The van der Waals surface area contributed by atoms with E-state index in [2.05, 4.69) is 20.5 Å². The maximum Gasteiger partial charge on any atom is 0.152 e. The number of hydrogen-bond donors (Lipinski definition) is 2. The van der Waals surface area contributed by atoms with Crippen molar-refractivity contribution in [2.24, 2.45) is 0 Å². The third kappa shape index (κ3) is 1.85. The first-order chi connectivity index (χ1) is 7.31. The van der Waals surface area contributed by atoms with Gasteiger partial charge < -0.3 is 5.32 Å². The van der Waals surface area contributed by atoms with Gasteiger partial charge >= 0.3 is 0 Å². The number of aromatic nitrogens is 3. The molecule has 0 aliphatic carbocycles. The van der Waals surface area contributed by atoms with E-state index >= 15 is 0 Å². The molecular weight excluding hydrogens is 192 g/mol.